The third-order valence-electron chi connectivity index (χ3n) is 1.70. The van der Waals surface area contributed by atoms with Crippen LogP contribution in [0.3, 0.4) is 0 Å². The number of rotatable bonds is 5. The minimum absolute atomic E-state index is 0.0997. The molecule has 0 fully saturated rings. The molecule has 0 aliphatic carbocycles. The number of quaternary nitrogens is 1. The van der Waals surface area contributed by atoms with Gasteiger partial charge >= 0.3 is 0 Å². The predicted molar refractivity (Wildman–Crippen MR) is 50.5 cm³/mol. The Morgan fingerprint density at radius 1 is 1.58 bits per heavy atom. The molecule has 0 aromatic rings. The van der Waals surface area contributed by atoms with Gasteiger partial charge in [-0.1, -0.05) is 13.5 Å². The zero-order chi connectivity index (χ0) is 9.61. The molecule has 3 nitrogen and oxygen atoms in total. The van der Waals surface area contributed by atoms with Gasteiger partial charge in [0.1, 0.15) is 0 Å². The molecule has 1 N–H and O–H groups in total. The highest BCUT2D eigenvalue weighted by Crippen LogP contribution is 1.95. The van der Waals surface area contributed by atoms with Gasteiger partial charge in [0.05, 0.1) is 20.6 Å². The molecule has 0 atom stereocenters. The largest absolute Gasteiger partial charge is 0.311 e. The van der Waals surface area contributed by atoms with E-state index in [0.717, 1.165) is 17.4 Å². The van der Waals surface area contributed by atoms with E-state index in [1.54, 1.807) is 0 Å². The van der Waals surface area contributed by atoms with Crippen molar-refractivity contribution in [2.75, 3.05) is 27.3 Å². The Kier molecular flexibility index (Phi) is 4.59. The molecule has 0 saturated heterocycles. The first-order chi connectivity index (χ1) is 5.52. The maximum atomic E-state index is 10.8. The van der Waals surface area contributed by atoms with E-state index in [1.165, 1.54) is 6.08 Å². The molecule has 0 radical (unpaired) electrons. The second-order valence-electron chi connectivity index (χ2n) is 3.56. The van der Waals surface area contributed by atoms with Gasteiger partial charge in [-0.05, 0) is 12.5 Å². The second kappa shape index (κ2) is 4.93. The maximum absolute atomic E-state index is 10.8. The monoisotopic (exact) mass is 171 g/mol. The van der Waals surface area contributed by atoms with Crippen molar-refractivity contribution in [1.82, 2.24) is 5.32 Å². The topological polar surface area (TPSA) is 29.1 Å². The SMILES string of the molecule is C=CC(=O)NC[N+](C)(C)CCC. The minimum atomic E-state index is -0.0997. The fraction of sp³-hybridized carbons (Fsp3) is 0.667. The predicted octanol–water partition coefficient (Wildman–Crippen LogP) is 0.732. The van der Waals surface area contributed by atoms with Crippen LogP contribution >= 0.6 is 0 Å². The van der Waals surface area contributed by atoms with Crippen LogP contribution in [0.4, 0.5) is 0 Å². The van der Waals surface area contributed by atoms with Gasteiger partial charge in [-0.2, -0.15) is 0 Å². The summed E-state index contributed by atoms with van der Waals surface area (Å²) in [6, 6.07) is 0. The molecule has 0 heterocycles. The fourth-order valence-electron chi connectivity index (χ4n) is 1.05. The van der Waals surface area contributed by atoms with Gasteiger partial charge in [0.25, 0.3) is 0 Å². The van der Waals surface area contributed by atoms with E-state index in [2.05, 4.69) is 32.9 Å². The minimum Gasteiger partial charge on any atom is -0.311 e. The van der Waals surface area contributed by atoms with Crippen molar-refractivity contribution in [2.45, 2.75) is 13.3 Å². The van der Waals surface area contributed by atoms with Crippen molar-refractivity contribution in [3.8, 4) is 0 Å². The van der Waals surface area contributed by atoms with Crippen LogP contribution in [0, 0.1) is 0 Å². The Morgan fingerprint density at radius 2 is 2.17 bits per heavy atom. The first-order valence-electron chi connectivity index (χ1n) is 4.24. The molecule has 0 bridgehead atoms. The zero-order valence-electron chi connectivity index (χ0n) is 8.26. The lowest BCUT2D eigenvalue weighted by atomic mass is 10.4. The zero-order valence-corrected chi connectivity index (χ0v) is 8.26. The van der Waals surface area contributed by atoms with Crippen molar-refractivity contribution < 1.29 is 9.28 Å². The highest BCUT2D eigenvalue weighted by Gasteiger charge is 2.12. The lowest BCUT2D eigenvalue weighted by Gasteiger charge is -2.28. The van der Waals surface area contributed by atoms with E-state index >= 15 is 0 Å². The molecule has 0 spiro atoms. The number of nitrogens with zero attached hydrogens (tertiary/aromatic N) is 1. The smallest absolute Gasteiger partial charge is 0.247 e. The van der Waals surface area contributed by atoms with Crippen LogP contribution in [0.15, 0.2) is 12.7 Å². The van der Waals surface area contributed by atoms with Gasteiger partial charge in [-0.15, -0.1) is 0 Å². The molecular weight excluding hydrogens is 152 g/mol. The van der Waals surface area contributed by atoms with Crippen LogP contribution in [0.1, 0.15) is 13.3 Å². The van der Waals surface area contributed by atoms with E-state index in [4.69, 9.17) is 0 Å². The summed E-state index contributed by atoms with van der Waals surface area (Å²) in [5, 5.41) is 2.77. The van der Waals surface area contributed by atoms with E-state index in [1.807, 2.05) is 0 Å². The molecule has 0 rings (SSSR count). The van der Waals surface area contributed by atoms with E-state index in [0.29, 0.717) is 6.67 Å². The molecule has 0 aliphatic rings. The van der Waals surface area contributed by atoms with E-state index in [9.17, 15) is 4.79 Å². The van der Waals surface area contributed by atoms with Crippen LogP contribution in [0.2, 0.25) is 0 Å². The quantitative estimate of drug-likeness (QED) is 0.369. The molecule has 0 aromatic heterocycles. The van der Waals surface area contributed by atoms with Crippen molar-refractivity contribution in [2.24, 2.45) is 0 Å². The van der Waals surface area contributed by atoms with Crippen LogP contribution in [-0.4, -0.2) is 37.7 Å². The maximum Gasteiger partial charge on any atom is 0.247 e. The molecule has 0 aromatic carbocycles. The van der Waals surface area contributed by atoms with Gasteiger partial charge in [0.2, 0.25) is 5.91 Å². The first kappa shape index (κ1) is 11.2. The number of hydrogen-bond donors (Lipinski definition) is 1. The van der Waals surface area contributed by atoms with Crippen LogP contribution in [-0.2, 0) is 4.79 Å². The number of hydrogen-bond acceptors (Lipinski definition) is 1. The Morgan fingerprint density at radius 3 is 2.58 bits per heavy atom. The number of carbonyl (C=O) groups excluding carboxylic acids is 1. The van der Waals surface area contributed by atoms with Crippen LogP contribution in [0.5, 0.6) is 0 Å². The average Bonchev–Trinajstić information content (AvgIpc) is 2.00. The molecule has 70 valence electrons. The summed E-state index contributed by atoms with van der Waals surface area (Å²) in [5.74, 6) is -0.0997. The summed E-state index contributed by atoms with van der Waals surface area (Å²) in [7, 11) is 4.18. The highest BCUT2D eigenvalue weighted by molar-refractivity contribution is 5.86. The third-order valence-corrected chi connectivity index (χ3v) is 1.70. The summed E-state index contributed by atoms with van der Waals surface area (Å²) < 4.78 is 0.816. The summed E-state index contributed by atoms with van der Waals surface area (Å²) in [6.07, 6.45) is 2.42. The Hall–Kier alpha value is -0.830. The summed E-state index contributed by atoms with van der Waals surface area (Å²) in [4.78, 5) is 10.8. The highest BCUT2D eigenvalue weighted by atomic mass is 16.1. The molecule has 0 saturated carbocycles. The molecule has 3 heteroatoms. The van der Waals surface area contributed by atoms with E-state index < -0.39 is 0 Å². The summed E-state index contributed by atoms with van der Waals surface area (Å²) in [6.45, 7) is 7.25. The number of amides is 1. The van der Waals surface area contributed by atoms with Crippen molar-refractivity contribution in [3.05, 3.63) is 12.7 Å². The Balaban J connectivity index is 3.74. The summed E-state index contributed by atoms with van der Waals surface area (Å²) >= 11 is 0. The van der Waals surface area contributed by atoms with Crippen molar-refractivity contribution in [3.63, 3.8) is 0 Å². The summed E-state index contributed by atoms with van der Waals surface area (Å²) in [5.41, 5.74) is 0. The van der Waals surface area contributed by atoms with Gasteiger partial charge in [0.15, 0.2) is 6.67 Å². The van der Waals surface area contributed by atoms with Crippen LogP contribution in [0.25, 0.3) is 0 Å². The molecule has 12 heavy (non-hydrogen) atoms. The third kappa shape index (κ3) is 4.91. The Labute approximate surface area is 74.7 Å². The molecular formula is C9H19N2O+. The normalized spacial score (nSPS) is 10.9. The lowest BCUT2D eigenvalue weighted by Crippen LogP contribution is -2.48. The fourth-order valence-corrected chi connectivity index (χ4v) is 1.05. The van der Waals surface area contributed by atoms with Gasteiger partial charge < -0.3 is 9.80 Å². The number of nitrogens with one attached hydrogen (secondary N) is 1. The second-order valence-corrected chi connectivity index (χ2v) is 3.56. The van der Waals surface area contributed by atoms with Crippen LogP contribution < -0.4 is 5.32 Å². The molecule has 0 unspecified atom stereocenters. The molecule has 0 aliphatic heterocycles. The van der Waals surface area contributed by atoms with Crippen molar-refractivity contribution in [1.29, 1.82) is 0 Å². The lowest BCUT2D eigenvalue weighted by molar-refractivity contribution is -0.892. The van der Waals surface area contributed by atoms with Gasteiger partial charge in [-0.3, -0.25) is 4.79 Å². The standard InChI is InChI=1S/C9H18N2O/c1-5-7-11(3,4)8-10-9(12)6-2/h6H,2,5,7-8H2,1,3-4H3/p+1. The Bertz CT molecular complexity index is 164. The molecule has 1 amide bonds. The van der Waals surface area contributed by atoms with Gasteiger partial charge in [-0.25, -0.2) is 0 Å². The van der Waals surface area contributed by atoms with Crippen molar-refractivity contribution >= 4 is 5.91 Å². The van der Waals surface area contributed by atoms with E-state index in [-0.39, 0.29) is 5.91 Å². The average molecular weight is 171 g/mol. The number of carbonyl (C=O) groups is 1. The van der Waals surface area contributed by atoms with Gasteiger partial charge in [0, 0.05) is 0 Å². The first-order valence-corrected chi connectivity index (χ1v) is 4.24.